The number of likely N-dealkylation sites (N-methyl/N-ethyl adjacent to an activating group) is 1. The number of rotatable bonds is 5. The van der Waals surface area contributed by atoms with Crippen LogP contribution in [-0.2, 0) is 6.42 Å². The molecule has 1 aliphatic heterocycles. The van der Waals surface area contributed by atoms with E-state index in [0.29, 0.717) is 12.1 Å². The first-order valence-corrected chi connectivity index (χ1v) is 7.75. The number of ether oxygens (including phenoxy) is 1. The van der Waals surface area contributed by atoms with Crippen LogP contribution in [0.15, 0.2) is 42.7 Å². The van der Waals surface area contributed by atoms with Gasteiger partial charge in [-0.3, -0.25) is 9.78 Å². The van der Waals surface area contributed by atoms with Crippen LogP contribution >= 0.6 is 0 Å². The Hall–Kier alpha value is -2.40. The van der Waals surface area contributed by atoms with Crippen molar-refractivity contribution in [2.45, 2.75) is 12.5 Å². The predicted molar refractivity (Wildman–Crippen MR) is 88.6 cm³/mol. The summed E-state index contributed by atoms with van der Waals surface area (Å²) in [5.74, 6) is 0.875. The molecular weight excluding hydrogens is 290 g/mol. The van der Waals surface area contributed by atoms with E-state index in [0.717, 1.165) is 18.8 Å². The molecule has 2 heterocycles. The number of hydrogen-bond acceptors (Lipinski definition) is 4. The number of carbonyl (C=O) groups is 1. The Kier molecular flexibility index (Phi) is 4.57. The summed E-state index contributed by atoms with van der Waals surface area (Å²) >= 11 is 0. The van der Waals surface area contributed by atoms with Gasteiger partial charge in [0, 0.05) is 25.4 Å². The maximum atomic E-state index is 12.2. The number of amides is 1. The lowest BCUT2D eigenvalue weighted by Crippen LogP contribution is -2.34. The third kappa shape index (κ3) is 3.51. The van der Waals surface area contributed by atoms with Crippen LogP contribution in [0.25, 0.3) is 0 Å². The van der Waals surface area contributed by atoms with Gasteiger partial charge in [0.25, 0.3) is 5.91 Å². The molecule has 1 aromatic carbocycles. The smallest absolute Gasteiger partial charge is 0.252 e. The van der Waals surface area contributed by atoms with Gasteiger partial charge in [0.2, 0.25) is 0 Å². The van der Waals surface area contributed by atoms with E-state index in [1.54, 1.807) is 24.5 Å². The van der Waals surface area contributed by atoms with Crippen molar-refractivity contribution in [3.05, 3.63) is 59.4 Å². The maximum Gasteiger partial charge on any atom is 0.252 e. The van der Waals surface area contributed by atoms with Crippen molar-refractivity contribution >= 4 is 5.91 Å². The molecule has 120 valence electrons. The number of aromatic nitrogens is 1. The number of pyridine rings is 1. The van der Waals surface area contributed by atoms with Gasteiger partial charge >= 0.3 is 0 Å². The van der Waals surface area contributed by atoms with Gasteiger partial charge in [-0.2, -0.15) is 0 Å². The Balaban J connectivity index is 1.71. The Labute approximate surface area is 136 Å². The zero-order valence-corrected chi connectivity index (χ0v) is 13.5. The predicted octanol–water partition coefficient (Wildman–Crippen LogP) is 2.05. The maximum absolute atomic E-state index is 12.2. The van der Waals surface area contributed by atoms with Crippen molar-refractivity contribution in [3.63, 3.8) is 0 Å². The van der Waals surface area contributed by atoms with E-state index in [2.05, 4.69) is 27.3 Å². The number of fused-ring (bicyclic) bond motifs is 1. The lowest BCUT2D eigenvalue weighted by atomic mass is 10.0. The van der Waals surface area contributed by atoms with Crippen LogP contribution in [-0.4, -0.2) is 43.0 Å². The van der Waals surface area contributed by atoms with Gasteiger partial charge < -0.3 is 15.0 Å². The quantitative estimate of drug-likeness (QED) is 0.918. The molecule has 0 bridgehead atoms. The normalized spacial score (nSPS) is 14.2. The van der Waals surface area contributed by atoms with Crippen LogP contribution in [0.1, 0.15) is 27.5 Å². The molecule has 1 N–H and O–H groups in total. The molecule has 1 atom stereocenters. The summed E-state index contributed by atoms with van der Waals surface area (Å²) in [7, 11) is 4.04. The second-order valence-electron chi connectivity index (χ2n) is 5.90. The Bertz CT molecular complexity index is 686. The first-order chi connectivity index (χ1) is 11.1. The van der Waals surface area contributed by atoms with Crippen LogP contribution in [0.4, 0.5) is 0 Å². The van der Waals surface area contributed by atoms with Gasteiger partial charge in [-0.1, -0.05) is 12.1 Å². The molecule has 2 aromatic rings. The standard InChI is InChI=1S/C18H21N3O2/c1-21(2)16(12-20-18(22)15-4-3-8-19-11-15)13-5-6-17-14(10-13)7-9-23-17/h3-6,8,10-11,16H,7,9,12H2,1-2H3,(H,20,22). The Morgan fingerprint density at radius 3 is 3.00 bits per heavy atom. The summed E-state index contributed by atoms with van der Waals surface area (Å²) in [6.07, 6.45) is 4.18. The number of hydrogen-bond donors (Lipinski definition) is 1. The minimum Gasteiger partial charge on any atom is -0.493 e. The molecule has 23 heavy (non-hydrogen) atoms. The second kappa shape index (κ2) is 6.79. The van der Waals surface area contributed by atoms with Crippen molar-refractivity contribution in [2.75, 3.05) is 27.2 Å². The van der Waals surface area contributed by atoms with Crippen LogP contribution in [0.2, 0.25) is 0 Å². The van der Waals surface area contributed by atoms with E-state index in [1.807, 2.05) is 20.2 Å². The molecular formula is C18H21N3O2. The Morgan fingerprint density at radius 1 is 1.39 bits per heavy atom. The third-order valence-electron chi connectivity index (χ3n) is 4.10. The minimum atomic E-state index is -0.102. The highest BCUT2D eigenvalue weighted by Gasteiger charge is 2.19. The van der Waals surface area contributed by atoms with Crippen LogP contribution < -0.4 is 10.1 Å². The molecule has 0 spiro atoms. The molecule has 0 radical (unpaired) electrons. The van der Waals surface area contributed by atoms with Gasteiger partial charge in [-0.05, 0) is 43.4 Å². The first kappa shape index (κ1) is 15.5. The van der Waals surface area contributed by atoms with Crippen LogP contribution in [0.3, 0.4) is 0 Å². The zero-order chi connectivity index (χ0) is 16.2. The first-order valence-electron chi connectivity index (χ1n) is 7.75. The van der Waals surface area contributed by atoms with Crippen LogP contribution in [0.5, 0.6) is 5.75 Å². The highest BCUT2D eigenvalue weighted by molar-refractivity contribution is 5.93. The topological polar surface area (TPSA) is 54.5 Å². The van der Waals surface area contributed by atoms with Crippen LogP contribution in [0, 0.1) is 0 Å². The fourth-order valence-electron chi connectivity index (χ4n) is 2.80. The highest BCUT2D eigenvalue weighted by Crippen LogP contribution is 2.29. The lowest BCUT2D eigenvalue weighted by molar-refractivity contribution is 0.0941. The number of nitrogens with zero attached hydrogens (tertiary/aromatic N) is 2. The summed E-state index contributed by atoms with van der Waals surface area (Å²) in [5, 5.41) is 2.99. The van der Waals surface area contributed by atoms with E-state index in [4.69, 9.17) is 4.74 Å². The number of carbonyl (C=O) groups excluding carboxylic acids is 1. The molecule has 0 saturated heterocycles. The number of benzene rings is 1. The third-order valence-corrected chi connectivity index (χ3v) is 4.10. The van der Waals surface area contributed by atoms with E-state index in [1.165, 1.54) is 11.1 Å². The van der Waals surface area contributed by atoms with Gasteiger partial charge in [0.1, 0.15) is 5.75 Å². The molecule has 0 saturated carbocycles. The largest absolute Gasteiger partial charge is 0.493 e. The van der Waals surface area contributed by atoms with Crippen molar-refractivity contribution in [3.8, 4) is 5.75 Å². The molecule has 5 nitrogen and oxygen atoms in total. The van der Waals surface area contributed by atoms with Gasteiger partial charge in [-0.15, -0.1) is 0 Å². The van der Waals surface area contributed by atoms with E-state index >= 15 is 0 Å². The summed E-state index contributed by atoms with van der Waals surface area (Å²) < 4.78 is 5.56. The molecule has 1 aromatic heterocycles. The summed E-state index contributed by atoms with van der Waals surface area (Å²) in [4.78, 5) is 18.3. The Morgan fingerprint density at radius 2 is 2.26 bits per heavy atom. The average Bonchev–Trinajstić information content (AvgIpc) is 3.03. The SMILES string of the molecule is CN(C)C(CNC(=O)c1cccnc1)c1ccc2c(c1)CCO2. The lowest BCUT2D eigenvalue weighted by Gasteiger charge is -2.25. The summed E-state index contributed by atoms with van der Waals surface area (Å²) in [6, 6.07) is 9.92. The van der Waals surface area contributed by atoms with E-state index < -0.39 is 0 Å². The minimum absolute atomic E-state index is 0.102. The van der Waals surface area contributed by atoms with Crippen molar-refractivity contribution in [2.24, 2.45) is 0 Å². The number of nitrogens with one attached hydrogen (secondary N) is 1. The summed E-state index contributed by atoms with van der Waals surface area (Å²) in [6.45, 7) is 1.30. The molecule has 1 aliphatic rings. The van der Waals surface area contributed by atoms with Gasteiger partial charge in [0.05, 0.1) is 18.2 Å². The molecule has 0 aliphatic carbocycles. The summed E-state index contributed by atoms with van der Waals surface area (Å²) in [5.41, 5.74) is 3.01. The fourth-order valence-corrected chi connectivity index (χ4v) is 2.80. The molecule has 5 heteroatoms. The van der Waals surface area contributed by atoms with Gasteiger partial charge in [0.15, 0.2) is 0 Å². The molecule has 1 amide bonds. The highest BCUT2D eigenvalue weighted by atomic mass is 16.5. The molecule has 1 unspecified atom stereocenters. The van der Waals surface area contributed by atoms with Crippen molar-refractivity contribution in [1.29, 1.82) is 0 Å². The molecule has 3 rings (SSSR count). The fraction of sp³-hybridized carbons (Fsp3) is 0.333. The zero-order valence-electron chi connectivity index (χ0n) is 13.5. The van der Waals surface area contributed by atoms with Gasteiger partial charge in [-0.25, -0.2) is 0 Å². The monoisotopic (exact) mass is 311 g/mol. The van der Waals surface area contributed by atoms with E-state index in [9.17, 15) is 4.79 Å². The van der Waals surface area contributed by atoms with Crippen molar-refractivity contribution in [1.82, 2.24) is 15.2 Å². The average molecular weight is 311 g/mol. The van der Waals surface area contributed by atoms with E-state index in [-0.39, 0.29) is 11.9 Å². The molecule has 0 fully saturated rings. The van der Waals surface area contributed by atoms with Crippen molar-refractivity contribution < 1.29 is 9.53 Å². The second-order valence-corrected chi connectivity index (χ2v) is 5.90.